The number of nitrogens with one attached hydrogen (secondary N) is 1. The summed E-state index contributed by atoms with van der Waals surface area (Å²) in [4.78, 5) is 37.4. The predicted octanol–water partition coefficient (Wildman–Crippen LogP) is 8.81. The zero-order valence-corrected chi connectivity index (χ0v) is 28.6. The van der Waals surface area contributed by atoms with Crippen molar-refractivity contribution in [2.75, 3.05) is 4.90 Å². The summed E-state index contributed by atoms with van der Waals surface area (Å²) in [5.41, 5.74) is -3.41. The molecule has 14 heteroatoms. The molecule has 256 valence electrons. The molecule has 2 aromatic heterocycles. The van der Waals surface area contributed by atoms with Gasteiger partial charge in [-0.3, -0.25) is 14.8 Å². The Hall–Kier alpha value is -4.78. The Kier molecular flexibility index (Phi) is 9.23. The fourth-order valence-corrected chi connectivity index (χ4v) is 7.38. The highest BCUT2D eigenvalue weighted by Gasteiger charge is 2.59. The number of hydrogen-bond acceptors (Lipinski definition) is 6. The van der Waals surface area contributed by atoms with Crippen LogP contribution in [-0.2, 0) is 14.6 Å². The quantitative estimate of drug-likeness (QED) is 0.159. The van der Waals surface area contributed by atoms with Gasteiger partial charge in [-0.2, -0.15) is 13.2 Å². The zero-order chi connectivity index (χ0) is 36.0. The Morgan fingerprint density at radius 3 is 1.66 bits per heavy atom. The second kappa shape index (κ2) is 13.2. The minimum Gasteiger partial charge on any atom is -0.322 e. The van der Waals surface area contributed by atoms with Crippen LogP contribution in [0.1, 0.15) is 36.8 Å². The molecule has 1 N–H and O–H groups in total. The highest BCUT2D eigenvalue weighted by atomic mass is 35.5. The molecule has 8 nitrogen and oxygen atoms in total. The van der Waals surface area contributed by atoms with Gasteiger partial charge in [0.25, 0.3) is 15.7 Å². The van der Waals surface area contributed by atoms with Crippen LogP contribution in [0.5, 0.6) is 0 Å². The maximum absolute atomic E-state index is 14.8. The monoisotopic (exact) mass is 738 g/mol. The number of rotatable bonds is 8. The van der Waals surface area contributed by atoms with Crippen LogP contribution in [0, 0.1) is 0 Å². The van der Waals surface area contributed by atoms with E-state index in [1.54, 1.807) is 86.9 Å². The largest absolute Gasteiger partial charge is 0.501 e. The first-order valence-electron chi connectivity index (χ1n) is 15.2. The number of alkyl halides is 3. The first-order valence-corrected chi connectivity index (χ1v) is 17.4. The Morgan fingerprint density at radius 2 is 1.22 bits per heavy atom. The molecule has 50 heavy (non-hydrogen) atoms. The summed E-state index contributed by atoms with van der Waals surface area (Å²) in [6, 6.07) is 23.8. The smallest absolute Gasteiger partial charge is 0.322 e. The van der Waals surface area contributed by atoms with E-state index < -0.39 is 49.6 Å². The predicted molar refractivity (Wildman–Crippen MR) is 185 cm³/mol. The van der Waals surface area contributed by atoms with E-state index in [9.17, 15) is 31.2 Å². The van der Waals surface area contributed by atoms with Crippen LogP contribution in [-0.4, -0.2) is 41.4 Å². The number of carbonyl (C=O) groups excluding carboxylic acids is 2. The Morgan fingerprint density at radius 1 is 0.740 bits per heavy atom. The van der Waals surface area contributed by atoms with Gasteiger partial charge in [0.2, 0.25) is 0 Å². The molecule has 5 aromatic rings. The van der Waals surface area contributed by atoms with Gasteiger partial charge in [0.05, 0.1) is 22.0 Å². The fraction of sp³-hybridized carbons (Fsp3) is 0.167. The third-order valence-electron chi connectivity index (χ3n) is 8.96. The molecule has 1 fully saturated rings. The van der Waals surface area contributed by atoms with Crippen molar-refractivity contribution in [2.45, 2.75) is 41.6 Å². The highest BCUT2D eigenvalue weighted by molar-refractivity contribution is 7.92. The third-order valence-corrected chi connectivity index (χ3v) is 10.9. The Balaban J connectivity index is 1.46. The molecule has 6 rings (SSSR count). The number of hydrogen-bond donors (Lipinski definition) is 1. The number of nitrogens with zero attached hydrogens (tertiary/aromatic N) is 3. The number of halogens is 5. The van der Waals surface area contributed by atoms with Crippen molar-refractivity contribution >= 4 is 50.7 Å². The second-order valence-corrected chi connectivity index (χ2v) is 14.6. The summed E-state index contributed by atoms with van der Waals surface area (Å²) < 4.78 is 63.7. The fourth-order valence-electron chi connectivity index (χ4n) is 6.24. The summed E-state index contributed by atoms with van der Waals surface area (Å²) in [5, 5.41) is 3.93. The number of anilines is 1. The number of pyridine rings is 2. The minimum absolute atomic E-state index is 0.112. The number of imide groups is 1. The van der Waals surface area contributed by atoms with Gasteiger partial charge in [0, 0.05) is 45.4 Å². The highest BCUT2D eigenvalue weighted by Crippen LogP contribution is 2.46. The third kappa shape index (κ3) is 6.23. The molecule has 1 aliphatic rings. The second-order valence-electron chi connectivity index (χ2n) is 11.8. The van der Waals surface area contributed by atoms with E-state index in [0.29, 0.717) is 44.7 Å². The lowest BCUT2D eigenvalue weighted by atomic mass is 9.69. The first-order chi connectivity index (χ1) is 23.6. The molecule has 2 unspecified atom stereocenters. The number of urea groups is 1. The molecule has 3 amide bonds. The Labute approximate surface area is 295 Å². The average molecular weight is 740 g/mol. The molecule has 0 spiro atoms. The maximum atomic E-state index is 14.8. The van der Waals surface area contributed by atoms with Crippen LogP contribution in [0.15, 0.2) is 114 Å². The van der Waals surface area contributed by atoms with Crippen molar-refractivity contribution in [2.24, 2.45) is 0 Å². The van der Waals surface area contributed by atoms with Gasteiger partial charge in [-0.25, -0.2) is 18.1 Å². The number of amides is 3. The summed E-state index contributed by atoms with van der Waals surface area (Å²) in [6.45, 7) is 3.57. The molecule has 0 saturated carbocycles. The molecular weight excluding hydrogens is 712 g/mol. The summed E-state index contributed by atoms with van der Waals surface area (Å²) in [7, 11) is -5.66. The van der Waals surface area contributed by atoms with Crippen LogP contribution >= 0.6 is 23.2 Å². The number of benzene rings is 3. The van der Waals surface area contributed by atoms with Gasteiger partial charge in [0.15, 0.2) is 0 Å². The summed E-state index contributed by atoms with van der Waals surface area (Å²) >= 11 is 12.5. The van der Waals surface area contributed by atoms with E-state index in [-0.39, 0.29) is 5.69 Å². The van der Waals surface area contributed by atoms with Crippen LogP contribution in [0.3, 0.4) is 0 Å². The lowest BCUT2D eigenvalue weighted by Crippen LogP contribution is -2.55. The molecule has 0 radical (unpaired) electrons. The molecule has 3 aromatic carbocycles. The maximum Gasteiger partial charge on any atom is 0.501 e. The molecular formula is C36H27Cl2F3N4O4S. The number of aromatic nitrogens is 2. The van der Waals surface area contributed by atoms with Gasteiger partial charge in [-0.15, -0.1) is 0 Å². The lowest BCUT2D eigenvalue weighted by molar-refractivity contribution is -0.123. The van der Waals surface area contributed by atoms with Crippen molar-refractivity contribution < 1.29 is 31.2 Å². The van der Waals surface area contributed by atoms with Gasteiger partial charge in [-0.05, 0) is 83.9 Å². The Bertz CT molecular complexity index is 2140. The summed E-state index contributed by atoms with van der Waals surface area (Å²) in [5.74, 6) is -2.13. The SMILES string of the molecule is CC(c1ccnc(-c2cccc(Cl)c2)c1)C1(C(C)c2ccnc(-c3cccc(Cl)c3)c2)NC(=O)N(c2ccc(S(=O)(=O)C(F)(F)F)cc2)C1=O. The van der Waals surface area contributed by atoms with E-state index in [4.69, 9.17) is 23.2 Å². The number of sulfone groups is 1. The van der Waals surface area contributed by atoms with Gasteiger partial charge in [0.1, 0.15) is 5.54 Å². The minimum atomic E-state index is -5.66. The van der Waals surface area contributed by atoms with Crippen LogP contribution in [0.2, 0.25) is 10.0 Å². The lowest BCUT2D eigenvalue weighted by Gasteiger charge is -2.39. The van der Waals surface area contributed by atoms with Crippen molar-refractivity contribution in [3.63, 3.8) is 0 Å². The van der Waals surface area contributed by atoms with Crippen molar-refractivity contribution in [3.05, 3.63) is 131 Å². The number of carbonyl (C=O) groups is 2. The van der Waals surface area contributed by atoms with Crippen molar-refractivity contribution in [1.82, 2.24) is 15.3 Å². The van der Waals surface area contributed by atoms with Crippen molar-refractivity contribution in [1.29, 1.82) is 0 Å². The average Bonchev–Trinajstić information content (AvgIpc) is 3.37. The molecule has 2 atom stereocenters. The standard InChI is InChI=1S/C36H27Cl2F3N4O4S/c1-21(23-13-15-42-31(19-23)25-5-3-7-27(37)17-25)35(22(2)24-14-16-43-32(20-24)26-6-4-8-28(38)18-26)33(46)45(34(47)44-35)29-9-11-30(12-10-29)50(48,49)36(39,40)41/h3-22H,1-2H3,(H,44,47). The van der Waals surface area contributed by atoms with E-state index in [2.05, 4.69) is 15.3 Å². The van der Waals surface area contributed by atoms with Gasteiger partial charge in [-0.1, -0.05) is 61.3 Å². The van der Waals surface area contributed by atoms with Crippen molar-refractivity contribution in [3.8, 4) is 22.5 Å². The molecule has 1 aliphatic heterocycles. The topological polar surface area (TPSA) is 109 Å². The summed E-state index contributed by atoms with van der Waals surface area (Å²) in [6.07, 6.45) is 3.17. The molecule has 1 saturated heterocycles. The van der Waals surface area contributed by atoms with E-state index in [1.807, 2.05) is 12.1 Å². The van der Waals surface area contributed by atoms with E-state index in [0.717, 1.165) is 28.2 Å². The van der Waals surface area contributed by atoms with Crippen LogP contribution in [0.25, 0.3) is 22.5 Å². The molecule has 3 heterocycles. The molecule has 0 aliphatic carbocycles. The van der Waals surface area contributed by atoms with E-state index >= 15 is 0 Å². The van der Waals surface area contributed by atoms with Crippen LogP contribution in [0.4, 0.5) is 23.7 Å². The molecule has 0 bridgehead atoms. The van der Waals surface area contributed by atoms with Gasteiger partial charge < -0.3 is 5.32 Å². The van der Waals surface area contributed by atoms with Crippen LogP contribution < -0.4 is 10.2 Å². The van der Waals surface area contributed by atoms with E-state index in [1.165, 1.54) is 0 Å². The zero-order valence-electron chi connectivity index (χ0n) is 26.3. The van der Waals surface area contributed by atoms with Gasteiger partial charge >= 0.3 is 11.5 Å². The first kappa shape index (κ1) is 35.1. The normalized spacial score (nSPS) is 17.8.